The van der Waals surface area contributed by atoms with Crippen LogP contribution in [-0.4, -0.2) is 149 Å². The SMILES string of the molecule is O[Si](O)(O)O.[CaH2].[CaH2].[SrH2]. The molecule has 0 aromatic rings. The molecule has 0 aliphatic heterocycles. The first-order valence-electron chi connectivity index (χ1n) is 0.894. The molecule has 0 aliphatic rings. The molecule has 0 rings (SSSR count). The Labute approximate surface area is 145 Å². The van der Waals surface area contributed by atoms with Gasteiger partial charge in [0.15, 0.2) is 0 Å². The van der Waals surface area contributed by atoms with Crippen LogP contribution >= 0.6 is 0 Å². The van der Waals surface area contributed by atoms with Gasteiger partial charge < -0.3 is 19.2 Å². The van der Waals surface area contributed by atoms with Crippen molar-refractivity contribution in [1.82, 2.24) is 0 Å². The molecule has 4 nitrogen and oxygen atoms in total. The van der Waals surface area contributed by atoms with Gasteiger partial charge in [0.05, 0.1) is 0 Å². The fourth-order valence-corrected chi connectivity index (χ4v) is 0. The van der Waals surface area contributed by atoms with Gasteiger partial charge in [0.2, 0.25) is 0 Å². The summed E-state index contributed by atoms with van der Waals surface area (Å²) in [6, 6.07) is 0. The number of rotatable bonds is 0. The van der Waals surface area contributed by atoms with E-state index in [4.69, 9.17) is 19.2 Å². The maximum atomic E-state index is 7.33. The van der Waals surface area contributed by atoms with Crippen LogP contribution in [0, 0.1) is 0 Å². The standard InChI is InChI=1S/2Ca.H4O4Si.Sr.6H/c;;1-5(2,3)4;;;;;;;/h;;1-4H;;;;;;;. The van der Waals surface area contributed by atoms with E-state index in [-0.39, 0.29) is 121 Å². The number of hydrogen-bond acceptors (Lipinski definition) is 4. The van der Waals surface area contributed by atoms with Gasteiger partial charge in [-0.3, -0.25) is 0 Å². The van der Waals surface area contributed by atoms with Gasteiger partial charge in [-0.1, -0.05) is 0 Å². The van der Waals surface area contributed by atoms with Gasteiger partial charge in [-0.15, -0.1) is 0 Å². The number of hydrogen-bond donors (Lipinski definition) is 4. The van der Waals surface area contributed by atoms with Crippen LogP contribution in [0.15, 0.2) is 0 Å². The van der Waals surface area contributed by atoms with Crippen molar-refractivity contribution in [2.24, 2.45) is 0 Å². The first kappa shape index (κ1) is 22.7. The van der Waals surface area contributed by atoms with Crippen LogP contribution in [-0.2, 0) is 0 Å². The Kier molecular flexibility index (Phi) is 31.4. The molecule has 0 aliphatic carbocycles. The topological polar surface area (TPSA) is 80.9 Å². The fraction of sp³-hybridized carbons (Fsp3) is 0. The van der Waals surface area contributed by atoms with E-state index in [1.165, 1.54) is 0 Å². The van der Waals surface area contributed by atoms with E-state index < -0.39 is 9.05 Å². The summed E-state index contributed by atoms with van der Waals surface area (Å²) in [5.74, 6) is 0. The molecule has 0 unspecified atom stereocenters. The Morgan fingerprint density at radius 1 is 0.750 bits per heavy atom. The first-order chi connectivity index (χ1) is 2.00. The van der Waals surface area contributed by atoms with Crippen molar-refractivity contribution in [2.75, 3.05) is 0 Å². The van der Waals surface area contributed by atoms with Crippen LogP contribution in [0.4, 0.5) is 0 Å². The molecule has 0 radical (unpaired) electrons. The average Bonchev–Trinajstić information content (AvgIpc) is 0.722. The second-order valence-electron chi connectivity index (χ2n) is 0.600. The van der Waals surface area contributed by atoms with E-state index in [0.717, 1.165) is 0 Å². The molecule has 8 heavy (non-hydrogen) atoms. The second-order valence-corrected chi connectivity index (χ2v) is 1.80. The molecule has 0 amide bonds. The Bertz CT molecular complexity index is 29.5. The van der Waals surface area contributed by atoms with Gasteiger partial charge in [0, 0.05) is 0 Å². The molecule has 0 aromatic heterocycles. The normalized spacial score (nSPS) is 7.50. The summed E-state index contributed by atoms with van der Waals surface area (Å²) in [5.41, 5.74) is 0. The molecular weight excluding hydrogens is 260 g/mol. The van der Waals surface area contributed by atoms with Crippen molar-refractivity contribution in [3.05, 3.63) is 0 Å². The predicted octanol–water partition coefficient (Wildman–Crippen LogP) is -5.36. The van der Waals surface area contributed by atoms with Crippen LogP contribution in [0.2, 0.25) is 0 Å². The van der Waals surface area contributed by atoms with Crippen LogP contribution in [0.3, 0.4) is 0 Å². The van der Waals surface area contributed by atoms with E-state index >= 15 is 0 Å². The molecule has 0 heterocycles. The molecule has 4 N–H and O–H groups in total. The minimum atomic E-state index is -4.61. The third kappa shape index (κ3) is 50.1. The Morgan fingerprint density at radius 2 is 0.750 bits per heavy atom. The van der Waals surface area contributed by atoms with E-state index in [1.807, 2.05) is 0 Å². The molecule has 0 aromatic carbocycles. The zero-order valence-corrected chi connectivity index (χ0v) is 3.29. The summed E-state index contributed by atoms with van der Waals surface area (Å²) in [6.07, 6.45) is 0. The first-order valence-corrected chi connectivity index (χ1v) is 2.68. The van der Waals surface area contributed by atoms with Crippen molar-refractivity contribution < 1.29 is 19.2 Å². The molecule has 44 valence electrons. The van der Waals surface area contributed by atoms with Crippen molar-refractivity contribution in [3.8, 4) is 0 Å². The van der Waals surface area contributed by atoms with Crippen LogP contribution < -0.4 is 0 Å². The summed E-state index contributed by atoms with van der Waals surface area (Å²) in [4.78, 5) is 29.3. The van der Waals surface area contributed by atoms with Crippen molar-refractivity contribution in [3.63, 3.8) is 0 Å². The molecule has 8 heteroatoms. The van der Waals surface area contributed by atoms with Gasteiger partial charge in [0.1, 0.15) is 0 Å². The van der Waals surface area contributed by atoms with E-state index in [1.54, 1.807) is 0 Å². The summed E-state index contributed by atoms with van der Waals surface area (Å²) in [7, 11) is -4.61. The van der Waals surface area contributed by atoms with Gasteiger partial charge in [-0.05, 0) is 0 Å². The fourth-order valence-electron chi connectivity index (χ4n) is 0. The quantitative estimate of drug-likeness (QED) is 0.331. The zero-order valence-electron chi connectivity index (χ0n) is 2.29. The Hall–Kier alpha value is 4.06. The Balaban J connectivity index is -0.0000000267. The minimum absolute atomic E-state index is 0. The van der Waals surface area contributed by atoms with E-state index in [2.05, 4.69) is 0 Å². The van der Waals surface area contributed by atoms with Crippen LogP contribution in [0.25, 0.3) is 0 Å². The van der Waals surface area contributed by atoms with E-state index in [9.17, 15) is 0 Å². The van der Waals surface area contributed by atoms with Crippen LogP contribution in [0.5, 0.6) is 0 Å². The van der Waals surface area contributed by atoms with Crippen molar-refractivity contribution >= 4 is 130 Å². The molecule has 0 atom stereocenters. The van der Waals surface area contributed by atoms with Gasteiger partial charge in [0.25, 0.3) is 0 Å². The monoisotopic (exact) mass is 270 g/mol. The van der Waals surface area contributed by atoms with Gasteiger partial charge in [-0.2, -0.15) is 0 Å². The van der Waals surface area contributed by atoms with Crippen molar-refractivity contribution in [1.29, 1.82) is 0 Å². The molecule has 0 fully saturated rings. The van der Waals surface area contributed by atoms with Crippen molar-refractivity contribution in [2.45, 2.75) is 0 Å². The molecule has 0 spiro atoms. The summed E-state index contributed by atoms with van der Waals surface area (Å²) in [5, 5.41) is 0. The second kappa shape index (κ2) is 11.1. The molecule has 0 saturated heterocycles. The van der Waals surface area contributed by atoms with E-state index in [0.29, 0.717) is 0 Å². The average molecular weight is 270 g/mol. The third-order valence-electron chi connectivity index (χ3n) is 0. The summed E-state index contributed by atoms with van der Waals surface area (Å²) in [6.45, 7) is 0. The summed E-state index contributed by atoms with van der Waals surface area (Å²) < 4.78 is 0. The molecule has 0 bridgehead atoms. The molecular formula is H10Ca2O4SiSr. The zero-order chi connectivity index (χ0) is 4.50. The molecule has 0 saturated carbocycles. The maximum absolute atomic E-state index is 7.33. The Morgan fingerprint density at radius 3 is 0.750 bits per heavy atom. The predicted molar refractivity (Wildman–Crippen MR) is 40.3 cm³/mol. The van der Waals surface area contributed by atoms with Gasteiger partial charge >= 0.3 is 130 Å². The van der Waals surface area contributed by atoms with Gasteiger partial charge in [-0.25, -0.2) is 0 Å². The summed E-state index contributed by atoms with van der Waals surface area (Å²) >= 11 is 0. The van der Waals surface area contributed by atoms with Crippen LogP contribution in [0.1, 0.15) is 0 Å². The third-order valence-corrected chi connectivity index (χ3v) is 0.